The maximum atomic E-state index is 11.9. The average Bonchev–Trinajstić information content (AvgIpc) is 3.09. The van der Waals surface area contributed by atoms with E-state index in [0.717, 1.165) is 42.1 Å². The van der Waals surface area contributed by atoms with E-state index in [1.54, 1.807) is 18.2 Å². The van der Waals surface area contributed by atoms with Crippen LogP contribution in [0.2, 0.25) is 0 Å². The number of nitrogens with zero attached hydrogens (tertiary/aromatic N) is 1. The number of thiazole rings is 1. The quantitative estimate of drug-likeness (QED) is 0.600. The van der Waals surface area contributed by atoms with Crippen LogP contribution in [0.5, 0.6) is 0 Å². The highest BCUT2D eigenvalue weighted by atomic mass is 32.1. The van der Waals surface area contributed by atoms with Gasteiger partial charge in [-0.15, -0.1) is 11.3 Å². The second-order valence-corrected chi connectivity index (χ2v) is 6.68. The number of hydrogen-bond donors (Lipinski definition) is 1. The summed E-state index contributed by atoms with van der Waals surface area (Å²) in [7, 11) is 0. The highest BCUT2D eigenvalue weighted by molar-refractivity contribution is 7.13. The first-order chi connectivity index (χ1) is 12.1. The van der Waals surface area contributed by atoms with E-state index in [1.807, 2.05) is 11.4 Å². The van der Waals surface area contributed by atoms with Crippen LogP contribution in [0.3, 0.4) is 0 Å². The minimum absolute atomic E-state index is 0.157. The topological polar surface area (TPSA) is 85.7 Å². The second-order valence-electron chi connectivity index (χ2n) is 5.83. The van der Waals surface area contributed by atoms with E-state index in [1.165, 1.54) is 11.3 Å². The van der Waals surface area contributed by atoms with Gasteiger partial charge in [-0.3, -0.25) is 9.59 Å². The third-order valence-electron chi connectivity index (χ3n) is 3.85. The summed E-state index contributed by atoms with van der Waals surface area (Å²) in [5.41, 5.74) is 1.99. The molecule has 0 amide bonds. The summed E-state index contributed by atoms with van der Waals surface area (Å²) in [6, 6.07) is 6.88. The molecule has 1 aliphatic rings. The van der Waals surface area contributed by atoms with Gasteiger partial charge >= 0.3 is 5.97 Å². The lowest BCUT2D eigenvalue weighted by Crippen LogP contribution is -2.22. The molecule has 1 saturated heterocycles. The van der Waals surface area contributed by atoms with E-state index in [2.05, 4.69) is 4.98 Å². The monoisotopic (exact) mass is 361 g/mol. The molecule has 1 fully saturated rings. The van der Waals surface area contributed by atoms with Crippen molar-refractivity contribution in [3.05, 3.63) is 40.9 Å². The van der Waals surface area contributed by atoms with Gasteiger partial charge in [-0.05, 0) is 25.3 Å². The summed E-state index contributed by atoms with van der Waals surface area (Å²) >= 11 is 1.46. The molecule has 1 aliphatic heterocycles. The Hall–Kier alpha value is -2.09. The molecular formula is C18H19NO5S. The van der Waals surface area contributed by atoms with E-state index >= 15 is 0 Å². The fourth-order valence-corrected chi connectivity index (χ4v) is 3.39. The number of carboxylic acids is 1. The molecule has 3 rings (SSSR count). The summed E-state index contributed by atoms with van der Waals surface area (Å²) < 4.78 is 11.3. The molecule has 7 heteroatoms. The molecule has 1 atom stereocenters. The highest BCUT2D eigenvalue weighted by Gasteiger charge is 2.16. The van der Waals surface area contributed by atoms with Crippen LogP contribution in [0.15, 0.2) is 29.6 Å². The number of carboxylic acid groups (broad SMARTS) is 1. The van der Waals surface area contributed by atoms with Gasteiger partial charge in [0, 0.05) is 23.1 Å². The molecule has 2 heterocycles. The first-order valence-electron chi connectivity index (χ1n) is 8.15. The summed E-state index contributed by atoms with van der Waals surface area (Å²) in [5, 5.41) is 11.4. The maximum Gasteiger partial charge on any atom is 0.311 e. The lowest BCUT2D eigenvalue weighted by Gasteiger charge is -2.22. The Morgan fingerprint density at radius 2 is 2.24 bits per heavy atom. The molecule has 1 N–H and O–H groups in total. The minimum Gasteiger partial charge on any atom is -0.481 e. The van der Waals surface area contributed by atoms with Crippen LogP contribution in [-0.2, 0) is 20.9 Å². The number of hydrogen-bond acceptors (Lipinski definition) is 6. The van der Waals surface area contributed by atoms with Crippen LogP contribution >= 0.6 is 11.3 Å². The normalized spacial score (nSPS) is 17.4. The number of Topliss-reactive ketones (excluding diaryl/α,β-unsaturated/α-hetero) is 1. The zero-order chi connectivity index (χ0) is 17.6. The Kier molecular flexibility index (Phi) is 5.91. The molecule has 0 aliphatic carbocycles. The number of aliphatic carboxylic acids is 1. The fraction of sp³-hybridized carbons (Fsp3) is 0.389. The van der Waals surface area contributed by atoms with Gasteiger partial charge in [-0.25, -0.2) is 4.98 Å². The van der Waals surface area contributed by atoms with Crippen molar-refractivity contribution in [3.8, 4) is 10.6 Å². The molecule has 25 heavy (non-hydrogen) atoms. The van der Waals surface area contributed by atoms with Crippen LogP contribution in [0.1, 0.15) is 41.7 Å². The van der Waals surface area contributed by atoms with Crippen LogP contribution in [-0.4, -0.2) is 34.7 Å². The Labute approximate surface area is 149 Å². The Morgan fingerprint density at radius 1 is 1.36 bits per heavy atom. The number of aromatic nitrogens is 1. The predicted octanol–water partition coefficient (Wildman–Crippen LogP) is 3.51. The molecule has 1 unspecified atom stereocenters. The average molecular weight is 361 g/mol. The molecule has 0 spiro atoms. The van der Waals surface area contributed by atoms with E-state index in [4.69, 9.17) is 14.6 Å². The van der Waals surface area contributed by atoms with Crippen LogP contribution in [0.25, 0.3) is 10.6 Å². The Bertz CT molecular complexity index is 751. The van der Waals surface area contributed by atoms with Crippen LogP contribution in [0.4, 0.5) is 0 Å². The van der Waals surface area contributed by atoms with Crippen molar-refractivity contribution < 1.29 is 24.2 Å². The van der Waals surface area contributed by atoms with E-state index in [0.29, 0.717) is 12.2 Å². The lowest BCUT2D eigenvalue weighted by atomic mass is 10.1. The number of ketones is 1. The molecule has 132 valence electrons. The van der Waals surface area contributed by atoms with Crippen LogP contribution < -0.4 is 0 Å². The van der Waals surface area contributed by atoms with Crippen molar-refractivity contribution in [2.75, 3.05) is 6.61 Å². The molecule has 1 aromatic carbocycles. The zero-order valence-electron chi connectivity index (χ0n) is 13.6. The molecule has 0 radical (unpaired) electrons. The van der Waals surface area contributed by atoms with Gasteiger partial charge in [0.25, 0.3) is 0 Å². The number of carbonyl (C=O) groups excluding carboxylic acids is 1. The van der Waals surface area contributed by atoms with Gasteiger partial charge < -0.3 is 14.6 Å². The Morgan fingerprint density at radius 3 is 3.00 bits per heavy atom. The van der Waals surface area contributed by atoms with E-state index in [-0.39, 0.29) is 6.29 Å². The van der Waals surface area contributed by atoms with Crippen molar-refractivity contribution in [1.82, 2.24) is 4.98 Å². The SMILES string of the molecule is O=C(O)CC(=O)c1cccc(-c2nc(COC3CCCCO3)cs2)c1. The number of ether oxygens (including phenoxy) is 2. The van der Waals surface area contributed by atoms with Crippen molar-refractivity contribution in [1.29, 1.82) is 0 Å². The van der Waals surface area contributed by atoms with Crippen molar-refractivity contribution in [2.45, 2.75) is 38.6 Å². The van der Waals surface area contributed by atoms with Gasteiger partial charge in [0.2, 0.25) is 0 Å². The van der Waals surface area contributed by atoms with E-state index in [9.17, 15) is 9.59 Å². The van der Waals surface area contributed by atoms with Crippen LogP contribution in [0, 0.1) is 0 Å². The van der Waals surface area contributed by atoms with Crippen molar-refractivity contribution in [3.63, 3.8) is 0 Å². The number of benzene rings is 1. The summed E-state index contributed by atoms with van der Waals surface area (Å²) in [5.74, 6) is -1.54. The van der Waals surface area contributed by atoms with Gasteiger partial charge in [-0.2, -0.15) is 0 Å². The third-order valence-corrected chi connectivity index (χ3v) is 4.79. The highest BCUT2D eigenvalue weighted by Crippen LogP contribution is 2.26. The van der Waals surface area contributed by atoms with E-state index < -0.39 is 18.2 Å². The molecule has 6 nitrogen and oxygen atoms in total. The van der Waals surface area contributed by atoms with Gasteiger partial charge in [0.1, 0.15) is 11.4 Å². The lowest BCUT2D eigenvalue weighted by molar-refractivity contribution is -0.169. The number of rotatable bonds is 7. The summed E-state index contributed by atoms with van der Waals surface area (Å²) in [4.78, 5) is 27.1. The zero-order valence-corrected chi connectivity index (χ0v) is 14.5. The van der Waals surface area contributed by atoms with Gasteiger partial charge in [-0.1, -0.05) is 18.2 Å². The summed E-state index contributed by atoms with van der Waals surface area (Å²) in [6.45, 7) is 1.13. The molecular weight excluding hydrogens is 342 g/mol. The minimum atomic E-state index is -1.13. The Balaban J connectivity index is 1.65. The molecule has 1 aromatic heterocycles. The third kappa shape index (κ3) is 4.94. The first kappa shape index (κ1) is 17.7. The molecule has 0 bridgehead atoms. The fourth-order valence-electron chi connectivity index (χ4n) is 2.59. The molecule has 2 aromatic rings. The second kappa shape index (κ2) is 8.33. The summed E-state index contributed by atoms with van der Waals surface area (Å²) in [6.07, 6.45) is 2.43. The van der Waals surface area contributed by atoms with Gasteiger partial charge in [0.15, 0.2) is 12.1 Å². The van der Waals surface area contributed by atoms with Gasteiger partial charge in [0.05, 0.1) is 12.3 Å². The standard InChI is InChI=1S/C18H19NO5S/c20-15(9-16(21)22)12-4-3-5-13(8-12)18-19-14(11-25-18)10-24-17-6-1-2-7-23-17/h3-5,8,11,17H,1-2,6-7,9-10H2,(H,21,22). The first-order valence-corrected chi connectivity index (χ1v) is 9.03. The largest absolute Gasteiger partial charge is 0.481 e. The van der Waals surface area contributed by atoms with Crippen molar-refractivity contribution in [2.24, 2.45) is 0 Å². The maximum absolute atomic E-state index is 11.9. The van der Waals surface area contributed by atoms with Crippen molar-refractivity contribution >= 4 is 23.1 Å². The number of carbonyl (C=O) groups is 2. The predicted molar refractivity (Wildman–Crippen MR) is 92.5 cm³/mol. The smallest absolute Gasteiger partial charge is 0.311 e. The molecule has 0 saturated carbocycles.